The molecule has 2 nitrogen and oxygen atoms in total. The predicted octanol–water partition coefficient (Wildman–Crippen LogP) is 1.52. The molecule has 58 valence electrons. The van der Waals surface area contributed by atoms with E-state index in [1.165, 1.54) is 12.3 Å². The normalized spacial score (nSPS) is 17.8. The zero-order chi connectivity index (χ0) is 7.40. The van der Waals surface area contributed by atoms with Gasteiger partial charge in [-0.05, 0) is 13.3 Å². The molecule has 0 fully saturated rings. The minimum atomic E-state index is 1.02. The second-order valence-corrected chi connectivity index (χ2v) is 2.63. The van der Waals surface area contributed by atoms with Gasteiger partial charge in [-0.15, -0.1) is 0 Å². The lowest BCUT2D eigenvalue weighted by atomic mass is 10.3. The van der Waals surface area contributed by atoms with Crippen LogP contribution < -0.4 is 0 Å². The summed E-state index contributed by atoms with van der Waals surface area (Å²) in [5, 5.41) is 0. The fourth-order valence-electron chi connectivity index (χ4n) is 1.33. The van der Waals surface area contributed by atoms with Gasteiger partial charge in [-0.2, -0.15) is 0 Å². The van der Waals surface area contributed by atoms with Gasteiger partial charge in [0.2, 0.25) is 0 Å². The van der Waals surface area contributed by atoms with Crippen molar-refractivity contribution in [1.82, 2.24) is 4.90 Å². The van der Waals surface area contributed by atoms with Crippen molar-refractivity contribution in [3.05, 3.63) is 0 Å². The van der Waals surface area contributed by atoms with Gasteiger partial charge in [0.15, 0.2) is 0 Å². The van der Waals surface area contributed by atoms with Crippen LogP contribution in [-0.4, -0.2) is 30.4 Å². The van der Waals surface area contributed by atoms with Crippen molar-refractivity contribution in [2.45, 2.75) is 26.7 Å². The van der Waals surface area contributed by atoms with E-state index in [2.05, 4.69) is 23.7 Å². The van der Waals surface area contributed by atoms with Crippen LogP contribution in [0.25, 0.3) is 0 Å². The number of hydrogen-bond acceptors (Lipinski definition) is 2. The maximum Gasteiger partial charge on any atom is 0.0990 e. The molecule has 2 heteroatoms. The van der Waals surface area contributed by atoms with E-state index in [0.29, 0.717) is 0 Å². The van der Waals surface area contributed by atoms with Crippen molar-refractivity contribution >= 4 is 5.84 Å². The molecule has 0 radical (unpaired) electrons. The van der Waals surface area contributed by atoms with Crippen LogP contribution in [0.4, 0.5) is 0 Å². The lowest BCUT2D eigenvalue weighted by Gasteiger charge is -2.16. The van der Waals surface area contributed by atoms with E-state index in [1.54, 1.807) is 0 Å². The van der Waals surface area contributed by atoms with E-state index in [9.17, 15) is 0 Å². The number of rotatable bonds is 3. The summed E-state index contributed by atoms with van der Waals surface area (Å²) in [5.74, 6) is 1.32. The van der Waals surface area contributed by atoms with Crippen LogP contribution in [0.3, 0.4) is 0 Å². The van der Waals surface area contributed by atoms with E-state index >= 15 is 0 Å². The molecule has 1 heterocycles. The highest BCUT2D eigenvalue weighted by Gasteiger charge is 2.12. The number of hydrogen-bond donors (Lipinski definition) is 0. The summed E-state index contributed by atoms with van der Waals surface area (Å²) >= 11 is 0. The Morgan fingerprint density at radius 3 is 2.90 bits per heavy atom. The zero-order valence-electron chi connectivity index (χ0n) is 6.93. The molecule has 0 N–H and O–H groups in total. The van der Waals surface area contributed by atoms with Crippen molar-refractivity contribution in [3.8, 4) is 0 Å². The second kappa shape index (κ2) is 3.59. The standard InChI is InChI=1S/C8H16N2/c1-3-5-8-9-6-7-10(8)4-2/h3-7H2,1-2H3. The Hall–Kier alpha value is -0.530. The molecule has 10 heavy (non-hydrogen) atoms. The molecule has 0 unspecified atom stereocenters. The average Bonchev–Trinajstić information content (AvgIpc) is 2.36. The summed E-state index contributed by atoms with van der Waals surface area (Å²) < 4.78 is 0. The summed E-state index contributed by atoms with van der Waals surface area (Å²) in [5.41, 5.74) is 0. The SMILES string of the molecule is CCCC1=NCCN1CC. The van der Waals surface area contributed by atoms with Gasteiger partial charge in [-0.1, -0.05) is 6.92 Å². The maximum atomic E-state index is 4.42. The van der Waals surface area contributed by atoms with E-state index in [0.717, 1.165) is 26.1 Å². The molecule has 0 amide bonds. The Balaban J connectivity index is 2.40. The van der Waals surface area contributed by atoms with Gasteiger partial charge in [0.05, 0.1) is 12.4 Å². The van der Waals surface area contributed by atoms with E-state index in [4.69, 9.17) is 0 Å². The molecule has 0 saturated carbocycles. The summed E-state index contributed by atoms with van der Waals surface area (Å²) in [7, 11) is 0. The quantitative estimate of drug-likeness (QED) is 0.580. The van der Waals surface area contributed by atoms with E-state index in [1.807, 2.05) is 0 Å². The second-order valence-electron chi connectivity index (χ2n) is 2.63. The Labute approximate surface area is 62.9 Å². The Morgan fingerprint density at radius 2 is 2.30 bits per heavy atom. The van der Waals surface area contributed by atoms with Gasteiger partial charge in [-0.3, -0.25) is 4.99 Å². The lowest BCUT2D eigenvalue weighted by molar-refractivity contribution is 0.473. The Bertz CT molecular complexity index is 129. The molecule has 1 aliphatic rings. The van der Waals surface area contributed by atoms with Crippen molar-refractivity contribution in [2.75, 3.05) is 19.6 Å². The van der Waals surface area contributed by atoms with Crippen molar-refractivity contribution in [1.29, 1.82) is 0 Å². The summed E-state index contributed by atoms with van der Waals surface area (Å²) in [6, 6.07) is 0. The largest absolute Gasteiger partial charge is 0.359 e. The van der Waals surface area contributed by atoms with Gasteiger partial charge in [0.1, 0.15) is 0 Å². The summed E-state index contributed by atoms with van der Waals surface area (Å²) in [6.07, 6.45) is 2.38. The first-order valence-electron chi connectivity index (χ1n) is 4.16. The zero-order valence-corrected chi connectivity index (χ0v) is 6.93. The van der Waals surface area contributed by atoms with Gasteiger partial charge < -0.3 is 4.90 Å². The van der Waals surface area contributed by atoms with Crippen molar-refractivity contribution < 1.29 is 0 Å². The number of likely N-dealkylation sites (N-methyl/N-ethyl adjacent to an activating group) is 1. The molecule has 1 rings (SSSR count). The molecule has 0 saturated heterocycles. The van der Waals surface area contributed by atoms with Gasteiger partial charge in [0, 0.05) is 19.5 Å². The molecular formula is C8H16N2. The van der Waals surface area contributed by atoms with Crippen LogP contribution in [0.1, 0.15) is 26.7 Å². The van der Waals surface area contributed by atoms with E-state index < -0.39 is 0 Å². The predicted molar refractivity (Wildman–Crippen MR) is 44.5 cm³/mol. The number of aliphatic imine (C=N–C) groups is 1. The molecule has 0 aromatic heterocycles. The molecule has 0 aliphatic carbocycles. The first-order valence-corrected chi connectivity index (χ1v) is 4.16. The first-order chi connectivity index (χ1) is 4.88. The third kappa shape index (κ3) is 1.49. The van der Waals surface area contributed by atoms with Crippen LogP contribution in [0.2, 0.25) is 0 Å². The molecule has 0 aromatic carbocycles. The minimum absolute atomic E-state index is 1.02. The highest BCUT2D eigenvalue weighted by Crippen LogP contribution is 2.05. The first kappa shape index (κ1) is 7.58. The lowest BCUT2D eigenvalue weighted by Crippen LogP contribution is -2.26. The topological polar surface area (TPSA) is 15.6 Å². The minimum Gasteiger partial charge on any atom is -0.359 e. The van der Waals surface area contributed by atoms with Crippen LogP contribution >= 0.6 is 0 Å². The highest BCUT2D eigenvalue weighted by atomic mass is 15.2. The van der Waals surface area contributed by atoms with Gasteiger partial charge >= 0.3 is 0 Å². The molecule has 0 aromatic rings. The molecule has 1 aliphatic heterocycles. The summed E-state index contributed by atoms with van der Waals surface area (Å²) in [6.45, 7) is 7.68. The fraction of sp³-hybridized carbons (Fsp3) is 0.875. The van der Waals surface area contributed by atoms with Crippen molar-refractivity contribution in [3.63, 3.8) is 0 Å². The third-order valence-corrected chi connectivity index (χ3v) is 1.88. The van der Waals surface area contributed by atoms with Crippen molar-refractivity contribution in [2.24, 2.45) is 4.99 Å². The molecule has 0 spiro atoms. The Kier molecular flexibility index (Phi) is 2.72. The number of amidine groups is 1. The average molecular weight is 140 g/mol. The monoisotopic (exact) mass is 140 g/mol. The van der Waals surface area contributed by atoms with Gasteiger partial charge in [-0.25, -0.2) is 0 Å². The molecule has 0 bridgehead atoms. The van der Waals surface area contributed by atoms with Crippen LogP contribution in [0, 0.1) is 0 Å². The number of nitrogens with zero attached hydrogens (tertiary/aromatic N) is 2. The highest BCUT2D eigenvalue weighted by molar-refractivity contribution is 5.83. The molecule has 0 atom stereocenters. The summed E-state index contributed by atoms with van der Waals surface area (Å²) in [4.78, 5) is 6.78. The van der Waals surface area contributed by atoms with Crippen LogP contribution in [-0.2, 0) is 0 Å². The molecular weight excluding hydrogens is 124 g/mol. The maximum absolute atomic E-state index is 4.42. The smallest absolute Gasteiger partial charge is 0.0990 e. The Morgan fingerprint density at radius 1 is 1.50 bits per heavy atom. The third-order valence-electron chi connectivity index (χ3n) is 1.88. The van der Waals surface area contributed by atoms with Crippen LogP contribution in [0.5, 0.6) is 0 Å². The van der Waals surface area contributed by atoms with Gasteiger partial charge in [0.25, 0.3) is 0 Å². The van der Waals surface area contributed by atoms with Crippen LogP contribution in [0.15, 0.2) is 4.99 Å². The van der Waals surface area contributed by atoms with E-state index in [-0.39, 0.29) is 0 Å². The fourth-order valence-corrected chi connectivity index (χ4v) is 1.33.